The Morgan fingerprint density at radius 3 is 2.42 bits per heavy atom. The molecule has 1 aromatic heterocycles. The molecular formula is C12H12F6N4O2. The maximum Gasteiger partial charge on any atom is 0.453 e. The van der Waals surface area contributed by atoms with Gasteiger partial charge in [-0.2, -0.15) is 26.3 Å². The minimum Gasteiger partial charge on any atom is -0.450 e. The molecule has 0 N–H and O–H groups in total. The number of halogens is 6. The maximum atomic E-state index is 13.0. The predicted octanol–water partition coefficient (Wildman–Crippen LogP) is 3.20. The van der Waals surface area contributed by atoms with Crippen LogP contribution in [0.25, 0.3) is 0 Å². The first-order chi connectivity index (χ1) is 11.1. The molecule has 0 bridgehead atoms. The molecule has 1 aliphatic heterocycles. The number of rotatable bonds is 2. The molecule has 1 amide bonds. The highest BCUT2D eigenvalue weighted by molar-refractivity contribution is 5.68. The van der Waals surface area contributed by atoms with Crippen LogP contribution >= 0.6 is 0 Å². The number of likely N-dealkylation sites (tertiary alicyclic amines) is 1. The number of nitrogens with zero attached hydrogens (tertiary/aromatic N) is 4. The Bertz CT molecular complexity index is 619. The summed E-state index contributed by atoms with van der Waals surface area (Å²) in [5, 5.41) is 5.18. The molecule has 2 rings (SSSR count). The first-order valence-corrected chi connectivity index (χ1v) is 6.88. The Morgan fingerprint density at radius 2 is 1.88 bits per heavy atom. The van der Waals surface area contributed by atoms with Crippen molar-refractivity contribution < 1.29 is 35.9 Å². The number of carbonyl (C=O) groups excluding carboxylic acids is 1. The van der Waals surface area contributed by atoms with E-state index in [0.717, 1.165) is 4.90 Å². The van der Waals surface area contributed by atoms with Gasteiger partial charge in [-0.1, -0.05) is 0 Å². The van der Waals surface area contributed by atoms with Gasteiger partial charge in [0, 0.05) is 6.54 Å². The van der Waals surface area contributed by atoms with Gasteiger partial charge in [0.25, 0.3) is 5.82 Å². The second kappa shape index (κ2) is 6.40. The average molecular weight is 358 g/mol. The molecule has 0 radical (unpaired) electrons. The van der Waals surface area contributed by atoms with Gasteiger partial charge in [0.15, 0.2) is 5.69 Å². The largest absolute Gasteiger partial charge is 0.453 e. The Labute approximate surface area is 131 Å². The highest BCUT2D eigenvalue weighted by Gasteiger charge is 2.45. The first kappa shape index (κ1) is 18.2. The summed E-state index contributed by atoms with van der Waals surface area (Å²) in [6.45, 7) is 1.52. The van der Waals surface area contributed by atoms with Crippen LogP contribution in [0.4, 0.5) is 31.1 Å². The quantitative estimate of drug-likeness (QED) is 0.760. The van der Waals surface area contributed by atoms with Crippen molar-refractivity contribution >= 4 is 6.09 Å². The van der Waals surface area contributed by atoms with E-state index in [0.29, 0.717) is 6.42 Å². The molecule has 6 nitrogen and oxygen atoms in total. The summed E-state index contributed by atoms with van der Waals surface area (Å²) >= 11 is 0. The lowest BCUT2D eigenvalue weighted by atomic mass is 10.1. The molecule has 0 spiro atoms. The van der Waals surface area contributed by atoms with Crippen LogP contribution in [-0.2, 0) is 17.1 Å². The third kappa shape index (κ3) is 3.67. The summed E-state index contributed by atoms with van der Waals surface area (Å²) in [6.07, 6.45) is -10.7. The van der Waals surface area contributed by atoms with Crippen LogP contribution in [-0.4, -0.2) is 39.3 Å². The molecule has 1 aliphatic rings. The standard InChI is InChI=1S/C12H12F6N4O2/c1-2-24-10(23)22-5-3-4-6(22)7-8(11(13,14)15)20-21-9(19-7)12(16,17)18/h6H,2-5H2,1H3/t6-/m0/s1. The SMILES string of the molecule is CCOC(=O)N1CCC[C@H]1c1nc(C(F)(F)F)nnc1C(F)(F)F. The number of carbonyl (C=O) groups is 1. The Hall–Kier alpha value is -2.14. The average Bonchev–Trinajstić information content (AvgIpc) is 2.94. The van der Waals surface area contributed by atoms with E-state index in [1.807, 2.05) is 0 Å². The number of alkyl halides is 6. The zero-order valence-electron chi connectivity index (χ0n) is 12.3. The smallest absolute Gasteiger partial charge is 0.450 e. The summed E-state index contributed by atoms with van der Waals surface area (Å²) in [7, 11) is 0. The lowest BCUT2D eigenvalue weighted by Crippen LogP contribution is -2.34. The second-order valence-corrected chi connectivity index (χ2v) is 4.92. The number of hydrogen-bond acceptors (Lipinski definition) is 5. The first-order valence-electron chi connectivity index (χ1n) is 6.88. The Kier molecular flexibility index (Phi) is 4.85. The van der Waals surface area contributed by atoms with E-state index >= 15 is 0 Å². The van der Waals surface area contributed by atoms with Gasteiger partial charge in [-0.3, -0.25) is 4.90 Å². The summed E-state index contributed by atoms with van der Waals surface area (Å²) in [4.78, 5) is 15.7. The number of aromatic nitrogens is 3. The fourth-order valence-electron chi connectivity index (χ4n) is 2.37. The van der Waals surface area contributed by atoms with Gasteiger partial charge in [-0.05, 0) is 19.8 Å². The molecule has 12 heteroatoms. The number of amides is 1. The van der Waals surface area contributed by atoms with Crippen LogP contribution in [0, 0.1) is 0 Å². The van der Waals surface area contributed by atoms with Crippen molar-refractivity contribution in [3.8, 4) is 0 Å². The maximum absolute atomic E-state index is 13.0. The molecule has 1 saturated heterocycles. The van der Waals surface area contributed by atoms with Crippen LogP contribution in [0.1, 0.15) is 43.0 Å². The van der Waals surface area contributed by atoms with Crippen molar-refractivity contribution in [3.63, 3.8) is 0 Å². The molecule has 1 aromatic rings. The second-order valence-electron chi connectivity index (χ2n) is 4.92. The topological polar surface area (TPSA) is 68.2 Å². The lowest BCUT2D eigenvalue weighted by Gasteiger charge is -2.25. The van der Waals surface area contributed by atoms with Gasteiger partial charge in [-0.25, -0.2) is 9.78 Å². The van der Waals surface area contributed by atoms with Crippen LogP contribution in [0.5, 0.6) is 0 Å². The van der Waals surface area contributed by atoms with Gasteiger partial charge in [0.05, 0.1) is 18.3 Å². The molecule has 24 heavy (non-hydrogen) atoms. The molecule has 1 atom stereocenters. The normalized spacial score (nSPS) is 18.8. The van der Waals surface area contributed by atoms with Crippen molar-refractivity contribution in [1.29, 1.82) is 0 Å². The van der Waals surface area contributed by atoms with Crippen molar-refractivity contribution in [3.05, 3.63) is 17.2 Å². The Balaban J connectivity index is 2.51. The number of ether oxygens (including phenoxy) is 1. The van der Waals surface area contributed by atoms with Gasteiger partial charge < -0.3 is 4.74 Å². The van der Waals surface area contributed by atoms with Crippen molar-refractivity contribution in [2.45, 2.75) is 38.2 Å². The van der Waals surface area contributed by atoms with E-state index in [-0.39, 0.29) is 19.6 Å². The van der Waals surface area contributed by atoms with Crippen LogP contribution in [0.15, 0.2) is 0 Å². The highest BCUT2D eigenvalue weighted by Crippen LogP contribution is 2.39. The van der Waals surface area contributed by atoms with E-state index in [4.69, 9.17) is 4.74 Å². The van der Waals surface area contributed by atoms with Gasteiger partial charge in [0.1, 0.15) is 0 Å². The molecule has 1 fully saturated rings. The predicted molar refractivity (Wildman–Crippen MR) is 65.5 cm³/mol. The summed E-state index contributed by atoms with van der Waals surface area (Å²) in [5.74, 6) is -1.79. The van der Waals surface area contributed by atoms with Crippen molar-refractivity contribution in [2.75, 3.05) is 13.2 Å². The van der Waals surface area contributed by atoms with Gasteiger partial charge in [-0.15, -0.1) is 10.2 Å². The lowest BCUT2D eigenvalue weighted by molar-refractivity contribution is -0.152. The number of hydrogen-bond donors (Lipinski definition) is 0. The zero-order valence-corrected chi connectivity index (χ0v) is 12.3. The van der Waals surface area contributed by atoms with E-state index in [1.54, 1.807) is 0 Å². The minimum atomic E-state index is -5.06. The summed E-state index contributed by atoms with van der Waals surface area (Å²) in [6, 6.07) is -1.31. The summed E-state index contributed by atoms with van der Waals surface area (Å²) in [5.41, 5.74) is -2.62. The van der Waals surface area contributed by atoms with Crippen LogP contribution in [0.2, 0.25) is 0 Å². The van der Waals surface area contributed by atoms with Gasteiger partial charge >= 0.3 is 18.4 Å². The Morgan fingerprint density at radius 1 is 1.21 bits per heavy atom. The highest BCUT2D eigenvalue weighted by atomic mass is 19.4. The third-order valence-electron chi connectivity index (χ3n) is 3.31. The fourth-order valence-corrected chi connectivity index (χ4v) is 2.37. The van der Waals surface area contributed by atoms with Crippen LogP contribution < -0.4 is 0 Å². The minimum absolute atomic E-state index is 0.0118. The summed E-state index contributed by atoms with van der Waals surface area (Å²) < 4.78 is 82.0. The monoisotopic (exact) mass is 358 g/mol. The van der Waals surface area contributed by atoms with Crippen LogP contribution in [0.3, 0.4) is 0 Å². The van der Waals surface area contributed by atoms with E-state index < -0.39 is 41.7 Å². The molecule has 2 heterocycles. The van der Waals surface area contributed by atoms with E-state index in [1.165, 1.54) is 6.92 Å². The molecular weight excluding hydrogens is 346 g/mol. The van der Waals surface area contributed by atoms with Crippen molar-refractivity contribution in [2.24, 2.45) is 0 Å². The molecule has 134 valence electrons. The molecule has 0 aromatic carbocycles. The fraction of sp³-hybridized carbons (Fsp3) is 0.667. The van der Waals surface area contributed by atoms with E-state index in [9.17, 15) is 31.1 Å². The molecule has 0 aliphatic carbocycles. The van der Waals surface area contributed by atoms with Crippen molar-refractivity contribution in [1.82, 2.24) is 20.1 Å². The molecule has 0 saturated carbocycles. The molecule has 0 unspecified atom stereocenters. The third-order valence-corrected chi connectivity index (χ3v) is 3.31. The zero-order chi connectivity index (χ0) is 18.1. The van der Waals surface area contributed by atoms with Gasteiger partial charge in [0.2, 0.25) is 0 Å². The van der Waals surface area contributed by atoms with E-state index in [2.05, 4.69) is 15.2 Å².